The molecule has 2 aliphatic rings. The average molecular weight is 551 g/mol. The van der Waals surface area contributed by atoms with E-state index in [9.17, 15) is 9.18 Å². The molecule has 0 saturated carbocycles. The van der Waals surface area contributed by atoms with Gasteiger partial charge in [0.25, 0.3) is 0 Å². The summed E-state index contributed by atoms with van der Waals surface area (Å²) in [5.41, 5.74) is 3.67. The lowest BCUT2D eigenvalue weighted by Crippen LogP contribution is -2.38. The van der Waals surface area contributed by atoms with Gasteiger partial charge in [-0.1, -0.05) is 12.1 Å². The van der Waals surface area contributed by atoms with Crippen molar-refractivity contribution < 1.29 is 18.3 Å². The van der Waals surface area contributed by atoms with Crippen LogP contribution in [0.25, 0.3) is 11.3 Å². The van der Waals surface area contributed by atoms with Crippen LogP contribution in [0.1, 0.15) is 49.6 Å². The highest BCUT2D eigenvalue weighted by Crippen LogP contribution is 2.39. The number of rotatable bonds is 6. The quantitative estimate of drug-likeness (QED) is 0.440. The van der Waals surface area contributed by atoms with Crippen LogP contribution in [0.15, 0.2) is 36.5 Å². The second kappa shape index (κ2) is 11.8. The van der Waals surface area contributed by atoms with Crippen molar-refractivity contribution in [1.29, 1.82) is 0 Å². The van der Waals surface area contributed by atoms with Crippen LogP contribution < -0.4 is 20.3 Å². The molecule has 0 bridgehead atoms. The Bertz CT molecular complexity index is 1390. The van der Waals surface area contributed by atoms with Crippen molar-refractivity contribution in [1.82, 2.24) is 20.2 Å². The zero-order chi connectivity index (χ0) is 28.4. The van der Waals surface area contributed by atoms with Gasteiger partial charge in [-0.15, -0.1) is 0 Å². The number of carbonyl (C=O) groups excluding carboxylic acids is 1. The number of benzene rings is 2. The highest BCUT2D eigenvalue weighted by molar-refractivity contribution is 5.90. The number of urea groups is 1. The Morgan fingerprint density at radius 3 is 2.62 bits per heavy atom. The van der Waals surface area contributed by atoms with Crippen LogP contribution in [0.4, 0.5) is 25.0 Å². The summed E-state index contributed by atoms with van der Waals surface area (Å²) in [6.07, 6.45) is 3.47. The fourth-order valence-corrected chi connectivity index (χ4v) is 5.53. The van der Waals surface area contributed by atoms with Gasteiger partial charge in [-0.25, -0.2) is 23.5 Å². The summed E-state index contributed by atoms with van der Waals surface area (Å²) in [5, 5.41) is 5.59. The van der Waals surface area contributed by atoms with E-state index in [0.29, 0.717) is 42.6 Å². The number of piperidine rings is 1. The van der Waals surface area contributed by atoms with Crippen molar-refractivity contribution in [3.63, 3.8) is 0 Å². The molecule has 5 rings (SSSR count). The van der Waals surface area contributed by atoms with Gasteiger partial charge in [0.2, 0.25) is 0 Å². The fourth-order valence-electron chi connectivity index (χ4n) is 5.53. The molecule has 0 spiro atoms. The predicted molar refractivity (Wildman–Crippen MR) is 152 cm³/mol. The first-order valence-electron chi connectivity index (χ1n) is 13.8. The van der Waals surface area contributed by atoms with Gasteiger partial charge in [0, 0.05) is 30.8 Å². The van der Waals surface area contributed by atoms with E-state index < -0.39 is 11.6 Å². The van der Waals surface area contributed by atoms with Gasteiger partial charge in [-0.05, 0) is 82.1 Å². The van der Waals surface area contributed by atoms with Crippen molar-refractivity contribution >= 4 is 17.4 Å². The SMILES string of the molecule is CNC(=O)Nc1cc(Cc2ncc(F)c(-c3cc(F)c4c(c3)N(C(C)C)CCO4)n2)ccc1C1CCN(C)CC1. The van der Waals surface area contributed by atoms with Crippen molar-refractivity contribution in [2.45, 2.75) is 45.1 Å². The second-order valence-electron chi connectivity index (χ2n) is 10.8. The number of ether oxygens (including phenoxy) is 1. The number of fused-ring (bicyclic) bond motifs is 1. The number of anilines is 2. The van der Waals surface area contributed by atoms with Crippen molar-refractivity contribution in [3.05, 3.63) is 65.1 Å². The topological polar surface area (TPSA) is 82.6 Å². The molecule has 2 aromatic carbocycles. The van der Waals surface area contributed by atoms with E-state index in [2.05, 4.69) is 38.6 Å². The molecule has 1 fully saturated rings. The third-order valence-electron chi connectivity index (χ3n) is 7.72. The maximum absolute atomic E-state index is 15.1. The Morgan fingerprint density at radius 2 is 1.90 bits per heavy atom. The lowest BCUT2D eigenvalue weighted by molar-refractivity contribution is 0.252. The first-order valence-corrected chi connectivity index (χ1v) is 13.8. The van der Waals surface area contributed by atoms with E-state index in [1.165, 1.54) is 6.07 Å². The van der Waals surface area contributed by atoms with Crippen LogP contribution in [-0.4, -0.2) is 67.3 Å². The molecule has 2 N–H and O–H groups in total. The number of likely N-dealkylation sites (tertiary alicyclic amines) is 1. The lowest BCUT2D eigenvalue weighted by atomic mass is 9.87. The number of hydrogen-bond donors (Lipinski definition) is 2. The van der Waals surface area contributed by atoms with Crippen LogP contribution in [0.3, 0.4) is 0 Å². The maximum atomic E-state index is 15.1. The molecule has 1 saturated heterocycles. The largest absolute Gasteiger partial charge is 0.486 e. The van der Waals surface area contributed by atoms with Crippen LogP contribution >= 0.6 is 0 Å². The second-order valence-corrected chi connectivity index (χ2v) is 10.8. The monoisotopic (exact) mass is 550 g/mol. The van der Waals surface area contributed by atoms with Gasteiger partial charge in [-0.3, -0.25) is 0 Å². The summed E-state index contributed by atoms with van der Waals surface area (Å²) in [7, 11) is 3.70. The van der Waals surface area contributed by atoms with Crippen LogP contribution in [0.2, 0.25) is 0 Å². The number of halogens is 2. The minimum Gasteiger partial charge on any atom is -0.486 e. The molecule has 0 atom stereocenters. The highest BCUT2D eigenvalue weighted by Gasteiger charge is 2.26. The number of nitrogens with one attached hydrogen (secondary N) is 2. The molecule has 0 radical (unpaired) electrons. The Morgan fingerprint density at radius 1 is 1.12 bits per heavy atom. The third-order valence-corrected chi connectivity index (χ3v) is 7.72. The molecular formula is C30H36F2N6O2. The van der Waals surface area contributed by atoms with E-state index in [4.69, 9.17) is 4.74 Å². The molecule has 1 aromatic heterocycles. The highest BCUT2D eigenvalue weighted by atomic mass is 19.1. The van der Waals surface area contributed by atoms with Crippen molar-refractivity contribution in [2.75, 3.05) is 50.6 Å². The summed E-state index contributed by atoms with van der Waals surface area (Å²) < 4.78 is 35.6. The summed E-state index contributed by atoms with van der Waals surface area (Å²) >= 11 is 0. The first-order chi connectivity index (χ1) is 19.2. The van der Waals surface area contributed by atoms with Gasteiger partial charge in [0.05, 0.1) is 18.4 Å². The van der Waals surface area contributed by atoms with E-state index in [0.717, 1.165) is 48.9 Å². The van der Waals surface area contributed by atoms with Crippen LogP contribution in [-0.2, 0) is 6.42 Å². The predicted octanol–water partition coefficient (Wildman–Crippen LogP) is 5.18. The Labute approximate surface area is 233 Å². The normalized spacial score (nSPS) is 16.0. The summed E-state index contributed by atoms with van der Waals surface area (Å²) in [4.78, 5) is 25.3. The van der Waals surface area contributed by atoms with Crippen molar-refractivity contribution in [2.24, 2.45) is 0 Å². The van der Waals surface area contributed by atoms with E-state index >= 15 is 4.39 Å². The molecular weight excluding hydrogens is 514 g/mol. The zero-order valence-electron chi connectivity index (χ0n) is 23.4. The molecule has 3 heterocycles. The number of hydrogen-bond acceptors (Lipinski definition) is 6. The Kier molecular flexibility index (Phi) is 8.16. The minimum absolute atomic E-state index is 0.0348. The summed E-state index contributed by atoms with van der Waals surface area (Å²) in [5.74, 6) is -0.259. The van der Waals surface area contributed by atoms with E-state index in [-0.39, 0.29) is 23.5 Å². The number of amides is 2. The van der Waals surface area contributed by atoms with Gasteiger partial charge in [0.15, 0.2) is 17.4 Å². The van der Waals surface area contributed by atoms with Crippen LogP contribution in [0, 0.1) is 11.6 Å². The third kappa shape index (κ3) is 5.86. The van der Waals surface area contributed by atoms with E-state index in [1.807, 2.05) is 30.9 Å². The lowest BCUT2D eigenvalue weighted by Gasteiger charge is -2.34. The summed E-state index contributed by atoms with van der Waals surface area (Å²) in [6.45, 7) is 7.05. The van der Waals surface area contributed by atoms with Gasteiger partial charge >= 0.3 is 6.03 Å². The van der Waals surface area contributed by atoms with Gasteiger partial charge in [-0.2, -0.15) is 0 Å². The number of carbonyl (C=O) groups is 1. The summed E-state index contributed by atoms with van der Waals surface area (Å²) in [6, 6.07) is 8.82. The molecule has 8 nitrogen and oxygen atoms in total. The van der Waals surface area contributed by atoms with E-state index in [1.54, 1.807) is 13.1 Å². The molecule has 2 aliphatic heterocycles. The maximum Gasteiger partial charge on any atom is 0.318 e. The van der Waals surface area contributed by atoms with Crippen LogP contribution in [0.5, 0.6) is 5.75 Å². The Balaban J connectivity index is 1.45. The molecule has 0 aliphatic carbocycles. The minimum atomic E-state index is -0.629. The number of nitrogens with zero attached hydrogens (tertiary/aromatic N) is 4. The smallest absolute Gasteiger partial charge is 0.318 e. The molecule has 3 aromatic rings. The van der Waals surface area contributed by atoms with Crippen molar-refractivity contribution in [3.8, 4) is 17.0 Å². The van der Waals surface area contributed by atoms with Gasteiger partial charge < -0.3 is 25.2 Å². The standard InChI is InChI=1S/C30H36F2N6O2/c1-18(2)38-11-12-40-29-23(31)15-21(16-26(29)38)28-24(32)17-34-27(36-28)14-19-5-6-22(20-7-9-37(4)10-8-20)25(13-19)35-30(39)33-3/h5-6,13,15-18,20H,7-12,14H2,1-4H3,(H2,33,35,39). The molecule has 2 amide bonds. The average Bonchev–Trinajstić information content (AvgIpc) is 2.94. The number of aromatic nitrogens is 2. The van der Waals surface area contributed by atoms with Gasteiger partial charge in [0.1, 0.15) is 18.1 Å². The zero-order valence-corrected chi connectivity index (χ0v) is 23.4. The molecule has 0 unspecified atom stereocenters. The molecule has 40 heavy (non-hydrogen) atoms. The molecule has 10 heteroatoms. The Hall–Kier alpha value is -3.79. The fraction of sp³-hybridized carbons (Fsp3) is 0.433. The first kappa shape index (κ1) is 27.8. The molecule has 212 valence electrons.